The number of amides is 1. The minimum absolute atomic E-state index is 0.148. The first-order valence-electron chi connectivity index (χ1n) is 7.45. The molecule has 0 aromatic rings. The summed E-state index contributed by atoms with van der Waals surface area (Å²) in [5, 5.41) is 12.9. The molecule has 2 rings (SSSR count). The summed E-state index contributed by atoms with van der Waals surface area (Å²) in [7, 11) is 0. The maximum absolute atomic E-state index is 12.1. The number of carbonyl (C=O) groups is 1. The summed E-state index contributed by atoms with van der Waals surface area (Å²) in [6.07, 6.45) is 6.45. The van der Waals surface area contributed by atoms with Gasteiger partial charge in [0.1, 0.15) is 0 Å². The summed E-state index contributed by atoms with van der Waals surface area (Å²) in [5.41, 5.74) is 5.28. The van der Waals surface area contributed by atoms with Crippen LogP contribution >= 0.6 is 0 Å². The number of aliphatic hydroxyl groups is 1. The van der Waals surface area contributed by atoms with Crippen molar-refractivity contribution in [3.05, 3.63) is 0 Å². The Hall–Kier alpha value is -0.650. The van der Waals surface area contributed by atoms with Gasteiger partial charge in [-0.15, -0.1) is 0 Å². The average Bonchev–Trinajstić information content (AvgIpc) is 2.46. The molecule has 1 unspecified atom stereocenters. The van der Waals surface area contributed by atoms with Crippen molar-refractivity contribution in [3.8, 4) is 0 Å². The van der Waals surface area contributed by atoms with Gasteiger partial charge in [-0.1, -0.05) is 19.3 Å². The summed E-state index contributed by atoms with van der Waals surface area (Å²) in [6.45, 7) is 1.40. The van der Waals surface area contributed by atoms with E-state index >= 15 is 0 Å². The number of aliphatic hydroxyl groups excluding tert-OH is 1. The molecule has 19 heavy (non-hydrogen) atoms. The Balaban J connectivity index is 1.75. The van der Waals surface area contributed by atoms with Crippen LogP contribution in [0.3, 0.4) is 0 Å². The van der Waals surface area contributed by atoms with Crippen LogP contribution in [-0.4, -0.2) is 42.4 Å². The number of hydrogen-bond donors (Lipinski definition) is 3. The minimum Gasteiger partial charge on any atom is -0.391 e. The lowest BCUT2D eigenvalue weighted by Crippen LogP contribution is -2.58. The molecule has 2 fully saturated rings. The van der Waals surface area contributed by atoms with E-state index in [1.54, 1.807) is 0 Å². The van der Waals surface area contributed by atoms with Gasteiger partial charge >= 0.3 is 0 Å². The van der Waals surface area contributed by atoms with Gasteiger partial charge < -0.3 is 20.9 Å². The number of carbonyl (C=O) groups excluding carboxylic acids is 1. The first kappa shape index (κ1) is 14.8. The highest BCUT2D eigenvalue weighted by Crippen LogP contribution is 2.26. The summed E-state index contributed by atoms with van der Waals surface area (Å²) in [5.74, 6) is 0.183. The van der Waals surface area contributed by atoms with Gasteiger partial charge in [0.05, 0.1) is 11.6 Å². The third kappa shape index (κ3) is 3.91. The highest BCUT2D eigenvalue weighted by molar-refractivity contribution is 5.86. The van der Waals surface area contributed by atoms with Crippen molar-refractivity contribution in [2.75, 3.05) is 19.8 Å². The maximum Gasteiger partial charge on any atom is 0.240 e. The second-order valence-electron chi connectivity index (χ2n) is 5.94. The summed E-state index contributed by atoms with van der Waals surface area (Å²) >= 11 is 0. The molecule has 0 aromatic carbocycles. The fraction of sp³-hybridized carbons (Fsp3) is 0.929. The SMILES string of the molecule is NC1(C(=O)NCC(O)C2CCCCC2)CCOCC1. The van der Waals surface area contributed by atoms with Crippen LogP contribution in [0.2, 0.25) is 0 Å². The zero-order valence-corrected chi connectivity index (χ0v) is 11.6. The highest BCUT2D eigenvalue weighted by atomic mass is 16.5. The fourth-order valence-corrected chi connectivity index (χ4v) is 3.02. The van der Waals surface area contributed by atoms with Gasteiger partial charge in [0.2, 0.25) is 5.91 Å². The molecule has 1 heterocycles. The average molecular weight is 270 g/mol. The van der Waals surface area contributed by atoms with Crippen molar-refractivity contribution >= 4 is 5.91 Å². The van der Waals surface area contributed by atoms with Crippen molar-refractivity contribution < 1.29 is 14.6 Å². The van der Waals surface area contributed by atoms with Crippen LogP contribution in [0.15, 0.2) is 0 Å². The quantitative estimate of drug-likeness (QED) is 0.696. The second-order valence-corrected chi connectivity index (χ2v) is 5.94. The van der Waals surface area contributed by atoms with E-state index in [1.165, 1.54) is 19.3 Å². The normalized spacial score (nSPS) is 25.8. The Morgan fingerprint density at radius 2 is 1.95 bits per heavy atom. The third-order valence-electron chi connectivity index (χ3n) is 4.50. The van der Waals surface area contributed by atoms with Crippen molar-refractivity contribution in [2.45, 2.75) is 56.6 Å². The molecule has 0 radical (unpaired) electrons. The molecule has 1 saturated carbocycles. The largest absolute Gasteiger partial charge is 0.391 e. The highest BCUT2D eigenvalue weighted by Gasteiger charge is 2.36. The van der Waals surface area contributed by atoms with Gasteiger partial charge in [0.15, 0.2) is 0 Å². The van der Waals surface area contributed by atoms with Crippen LogP contribution in [0.5, 0.6) is 0 Å². The van der Waals surface area contributed by atoms with E-state index in [4.69, 9.17) is 10.5 Å². The third-order valence-corrected chi connectivity index (χ3v) is 4.50. The number of nitrogens with one attached hydrogen (secondary N) is 1. The molecule has 0 spiro atoms. The molecular formula is C14H26N2O3. The Morgan fingerprint density at radius 3 is 2.58 bits per heavy atom. The smallest absolute Gasteiger partial charge is 0.240 e. The molecule has 0 aromatic heterocycles. The van der Waals surface area contributed by atoms with Crippen LogP contribution in [0.1, 0.15) is 44.9 Å². The Labute approximate surface area is 114 Å². The maximum atomic E-state index is 12.1. The van der Waals surface area contributed by atoms with Gasteiger partial charge in [-0.2, -0.15) is 0 Å². The van der Waals surface area contributed by atoms with E-state index in [2.05, 4.69) is 5.32 Å². The van der Waals surface area contributed by atoms with Crippen LogP contribution in [0.4, 0.5) is 0 Å². The number of hydrogen-bond acceptors (Lipinski definition) is 4. The van der Waals surface area contributed by atoms with Gasteiger partial charge in [-0.3, -0.25) is 4.79 Å². The fourth-order valence-electron chi connectivity index (χ4n) is 3.02. The Morgan fingerprint density at radius 1 is 1.32 bits per heavy atom. The predicted molar refractivity (Wildman–Crippen MR) is 72.6 cm³/mol. The lowest BCUT2D eigenvalue weighted by molar-refractivity contribution is -0.130. The van der Waals surface area contributed by atoms with E-state index in [1.807, 2.05) is 0 Å². The van der Waals surface area contributed by atoms with Crippen molar-refractivity contribution in [3.63, 3.8) is 0 Å². The summed E-state index contributed by atoms with van der Waals surface area (Å²) in [4.78, 5) is 12.1. The molecule has 2 aliphatic rings. The van der Waals surface area contributed by atoms with Crippen LogP contribution < -0.4 is 11.1 Å². The molecule has 1 saturated heterocycles. The molecule has 5 heteroatoms. The molecule has 110 valence electrons. The first-order chi connectivity index (χ1) is 9.12. The van der Waals surface area contributed by atoms with Gasteiger partial charge in [0.25, 0.3) is 0 Å². The molecule has 4 N–H and O–H groups in total. The molecule has 5 nitrogen and oxygen atoms in total. The molecule has 0 bridgehead atoms. The zero-order valence-electron chi connectivity index (χ0n) is 11.6. The monoisotopic (exact) mass is 270 g/mol. The standard InChI is InChI=1S/C14H26N2O3/c15-14(6-8-19-9-7-14)13(18)16-10-12(17)11-4-2-1-3-5-11/h11-12,17H,1-10,15H2,(H,16,18). The van der Waals surface area contributed by atoms with Gasteiger partial charge in [0, 0.05) is 19.8 Å². The van der Waals surface area contributed by atoms with Gasteiger partial charge in [-0.05, 0) is 31.6 Å². The van der Waals surface area contributed by atoms with E-state index < -0.39 is 11.6 Å². The number of ether oxygens (including phenoxy) is 1. The molecular weight excluding hydrogens is 244 g/mol. The first-order valence-corrected chi connectivity index (χ1v) is 7.45. The van der Waals surface area contributed by atoms with Gasteiger partial charge in [-0.25, -0.2) is 0 Å². The zero-order chi connectivity index (χ0) is 13.7. The van der Waals surface area contributed by atoms with E-state index in [0.717, 1.165) is 12.8 Å². The molecule has 1 aliphatic carbocycles. The van der Waals surface area contributed by atoms with Crippen molar-refractivity contribution in [1.82, 2.24) is 5.32 Å². The summed E-state index contributed by atoms with van der Waals surface area (Å²) in [6, 6.07) is 0. The van der Waals surface area contributed by atoms with Crippen molar-refractivity contribution in [1.29, 1.82) is 0 Å². The summed E-state index contributed by atoms with van der Waals surface area (Å²) < 4.78 is 5.23. The van der Waals surface area contributed by atoms with Crippen LogP contribution in [0, 0.1) is 5.92 Å². The number of nitrogens with two attached hydrogens (primary N) is 1. The van der Waals surface area contributed by atoms with E-state index in [9.17, 15) is 9.90 Å². The minimum atomic E-state index is -0.815. The predicted octanol–water partition coefficient (Wildman–Crippen LogP) is 0.552. The number of rotatable bonds is 4. The van der Waals surface area contributed by atoms with Crippen LogP contribution in [0.25, 0.3) is 0 Å². The lowest BCUT2D eigenvalue weighted by atomic mass is 9.85. The lowest BCUT2D eigenvalue weighted by Gasteiger charge is -2.33. The Kier molecular flexibility index (Phi) is 5.19. The topological polar surface area (TPSA) is 84.6 Å². The van der Waals surface area contributed by atoms with Crippen molar-refractivity contribution in [2.24, 2.45) is 11.7 Å². The molecule has 1 amide bonds. The molecule has 1 atom stereocenters. The molecule has 1 aliphatic heterocycles. The second kappa shape index (κ2) is 6.68. The van der Waals surface area contributed by atoms with E-state index in [0.29, 0.717) is 38.5 Å². The van der Waals surface area contributed by atoms with Crippen LogP contribution in [-0.2, 0) is 9.53 Å². The Bertz CT molecular complexity index is 297. The van der Waals surface area contributed by atoms with E-state index in [-0.39, 0.29) is 5.91 Å².